The molecule has 1 aliphatic rings. The van der Waals surface area contributed by atoms with Crippen LogP contribution in [0.5, 0.6) is 0 Å². The van der Waals surface area contributed by atoms with Gasteiger partial charge in [0.25, 0.3) is 0 Å². The van der Waals surface area contributed by atoms with Crippen molar-refractivity contribution in [2.75, 3.05) is 17.6 Å². The first kappa shape index (κ1) is 9.45. The highest BCUT2D eigenvalue weighted by Gasteiger charge is 2.08. The summed E-state index contributed by atoms with van der Waals surface area (Å²) in [5.41, 5.74) is 0.399. The van der Waals surface area contributed by atoms with Gasteiger partial charge in [0.1, 0.15) is 11.6 Å². The highest BCUT2D eigenvalue weighted by Crippen LogP contribution is 2.17. The molecule has 0 unspecified atom stereocenters. The largest absolute Gasteiger partial charge is 0.335 e. The van der Waals surface area contributed by atoms with Gasteiger partial charge in [-0.3, -0.25) is 4.99 Å². The molecule has 2 rings (SSSR count). The van der Waals surface area contributed by atoms with Crippen LogP contribution in [0, 0.1) is 11.6 Å². The monoisotopic (exact) mass is 214 g/mol. The average molecular weight is 214 g/mol. The van der Waals surface area contributed by atoms with E-state index in [-0.39, 0.29) is 0 Å². The zero-order chi connectivity index (χ0) is 9.97. The van der Waals surface area contributed by atoms with Crippen molar-refractivity contribution in [3.8, 4) is 0 Å². The predicted molar refractivity (Wildman–Crippen MR) is 54.7 cm³/mol. The second-order valence-corrected chi connectivity index (χ2v) is 3.90. The van der Waals surface area contributed by atoms with Gasteiger partial charge >= 0.3 is 0 Å². The summed E-state index contributed by atoms with van der Waals surface area (Å²) in [5.74, 6) is -0.257. The standard InChI is InChI=1S/C9H8F2N2S/c10-6-3-7(11)5-8(4-6)13-9-12-1-2-14-9/h3-5H,1-2H2,(H,12,13). The first-order chi connectivity index (χ1) is 6.74. The Bertz CT molecular complexity index is 359. The van der Waals surface area contributed by atoms with Gasteiger partial charge in [-0.2, -0.15) is 0 Å². The third-order valence-corrected chi connectivity index (χ3v) is 2.59. The van der Waals surface area contributed by atoms with Gasteiger partial charge in [0.2, 0.25) is 0 Å². The van der Waals surface area contributed by atoms with Crippen LogP contribution in [-0.2, 0) is 0 Å². The lowest BCUT2D eigenvalue weighted by Gasteiger charge is -2.04. The normalized spacial score (nSPS) is 15.4. The van der Waals surface area contributed by atoms with Crippen molar-refractivity contribution < 1.29 is 8.78 Å². The van der Waals surface area contributed by atoms with Gasteiger partial charge in [0.05, 0.1) is 6.54 Å². The van der Waals surface area contributed by atoms with E-state index in [4.69, 9.17) is 0 Å². The Kier molecular flexibility index (Phi) is 2.67. The topological polar surface area (TPSA) is 24.4 Å². The number of nitrogens with one attached hydrogen (secondary N) is 1. The van der Waals surface area contributed by atoms with Gasteiger partial charge in [-0.15, -0.1) is 0 Å². The number of amidine groups is 1. The molecule has 0 spiro atoms. The highest BCUT2D eigenvalue weighted by atomic mass is 32.2. The molecule has 1 aromatic carbocycles. The van der Waals surface area contributed by atoms with Crippen LogP contribution >= 0.6 is 11.8 Å². The van der Waals surface area contributed by atoms with E-state index in [0.717, 1.165) is 23.5 Å². The zero-order valence-electron chi connectivity index (χ0n) is 7.26. The zero-order valence-corrected chi connectivity index (χ0v) is 8.07. The maximum absolute atomic E-state index is 12.8. The second-order valence-electron chi connectivity index (χ2n) is 2.82. The first-order valence-electron chi connectivity index (χ1n) is 4.14. The summed E-state index contributed by atoms with van der Waals surface area (Å²) in [6.45, 7) is 0.755. The summed E-state index contributed by atoms with van der Waals surface area (Å²) < 4.78 is 25.6. The lowest BCUT2D eigenvalue weighted by molar-refractivity contribution is 0.584. The molecular weight excluding hydrogens is 206 g/mol. The van der Waals surface area contributed by atoms with Crippen molar-refractivity contribution in [3.63, 3.8) is 0 Å². The van der Waals surface area contributed by atoms with E-state index in [0.29, 0.717) is 5.69 Å². The minimum Gasteiger partial charge on any atom is -0.335 e. The van der Waals surface area contributed by atoms with Crippen LogP contribution in [0.25, 0.3) is 0 Å². The summed E-state index contributed by atoms with van der Waals surface area (Å²) in [6, 6.07) is 3.32. The smallest absolute Gasteiger partial charge is 0.161 e. The van der Waals surface area contributed by atoms with E-state index in [1.54, 1.807) is 11.8 Å². The molecule has 0 bridgehead atoms. The Morgan fingerprint density at radius 1 is 1.21 bits per heavy atom. The van der Waals surface area contributed by atoms with Crippen LogP contribution in [0.1, 0.15) is 0 Å². The van der Waals surface area contributed by atoms with E-state index in [9.17, 15) is 8.78 Å². The number of aliphatic imine (C=N–C) groups is 1. The number of benzene rings is 1. The summed E-state index contributed by atoms with van der Waals surface area (Å²) >= 11 is 1.54. The quantitative estimate of drug-likeness (QED) is 0.776. The molecule has 1 heterocycles. The third-order valence-electron chi connectivity index (χ3n) is 1.70. The average Bonchev–Trinajstić information content (AvgIpc) is 2.54. The number of thioether (sulfide) groups is 1. The molecule has 1 aromatic rings. The maximum Gasteiger partial charge on any atom is 0.161 e. The molecule has 0 aromatic heterocycles. The summed E-state index contributed by atoms with van der Waals surface area (Å²) in [7, 11) is 0. The van der Waals surface area contributed by atoms with Gasteiger partial charge in [0, 0.05) is 17.5 Å². The second kappa shape index (κ2) is 3.96. The fourth-order valence-corrected chi connectivity index (χ4v) is 1.91. The Labute approximate surface area is 84.4 Å². The van der Waals surface area contributed by atoms with Crippen LogP contribution in [0.3, 0.4) is 0 Å². The Morgan fingerprint density at radius 3 is 2.50 bits per heavy atom. The molecule has 5 heteroatoms. The number of hydrogen-bond donors (Lipinski definition) is 1. The molecule has 0 fully saturated rings. The fraction of sp³-hybridized carbons (Fsp3) is 0.222. The molecular formula is C9H8F2N2S. The Hall–Kier alpha value is -1.10. The van der Waals surface area contributed by atoms with Gasteiger partial charge in [0.15, 0.2) is 5.17 Å². The van der Waals surface area contributed by atoms with E-state index < -0.39 is 11.6 Å². The maximum atomic E-state index is 12.8. The summed E-state index contributed by atoms with van der Waals surface area (Å²) in [5, 5.41) is 3.57. The Balaban J connectivity index is 2.15. The fourth-order valence-electron chi connectivity index (χ4n) is 1.16. The van der Waals surface area contributed by atoms with Crippen molar-refractivity contribution in [1.29, 1.82) is 0 Å². The van der Waals surface area contributed by atoms with Crippen molar-refractivity contribution in [3.05, 3.63) is 29.8 Å². The molecule has 2 nitrogen and oxygen atoms in total. The third kappa shape index (κ3) is 2.23. The van der Waals surface area contributed by atoms with Gasteiger partial charge in [-0.1, -0.05) is 11.8 Å². The van der Waals surface area contributed by atoms with Gasteiger partial charge in [-0.05, 0) is 12.1 Å². The van der Waals surface area contributed by atoms with E-state index in [2.05, 4.69) is 10.3 Å². The van der Waals surface area contributed by atoms with Crippen LogP contribution in [0.4, 0.5) is 14.5 Å². The number of nitrogens with zero attached hydrogens (tertiary/aromatic N) is 1. The van der Waals surface area contributed by atoms with E-state index in [1.807, 2.05) is 0 Å². The van der Waals surface area contributed by atoms with Crippen LogP contribution in [-0.4, -0.2) is 17.5 Å². The Morgan fingerprint density at radius 2 is 1.93 bits per heavy atom. The number of anilines is 1. The van der Waals surface area contributed by atoms with E-state index in [1.165, 1.54) is 12.1 Å². The minimum atomic E-state index is -0.587. The summed E-state index contributed by atoms with van der Waals surface area (Å²) in [4.78, 5) is 4.11. The molecule has 1 aliphatic heterocycles. The minimum absolute atomic E-state index is 0.399. The molecule has 0 saturated heterocycles. The number of hydrogen-bond acceptors (Lipinski definition) is 3. The SMILES string of the molecule is Fc1cc(F)cc(NC2=NCCS2)c1. The van der Waals surface area contributed by atoms with Crippen molar-refractivity contribution in [1.82, 2.24) is 0 Å². The number of halogens is 2. The predicted octanol–water partition coefficient (Wildman–Crippen LogP) is 2.48. The van der Waals surface area contributed by atoms with E-state index >= 15 is 0 Å². The van der Waals surface area contributed by atoms with Crippen molar-refractivity contribution in [2.45, 2.75) is 0 Å². The molecule has 0 aliphatic carbocycles. The van der Waals surface area contributed by atoms with Crippen LogP contribution in [0.2, 0.25) is 0 Å². The van der Waals surface area contributed by atoms with Crippen LogP contribution < -0.4 is 5.32 Å². The van der Waals surface area contributed by atoms with Crippen LogP contribution in [0.15, 0.2) is 23.2 Å². The summed E-state index contributed by atoms with van der Waals surface area (Å²) in [6.07, 6.45) is 0. The van der Waals surface area contributed by atoms with Gasteiger partial charge in [-0.25, -0.2) is 8.78 Å². The molecule has 0 radical (unpaired) electrons. The van der Waals surface area contributed by atoms with Gasteiger partial charge < -0.3 is 5.32 Å². The molecule has 1 N–H and O–H groups in total. The lowest BCUT2D eigenvalue weighted by Crippen LogP contribution is -2.05. The first-order valence-corrected chi connectivity index (χ1v) is 5.13. The van der Waals surface area contributed by atoms with Crippen molar-refractivity contribution in [2.24, 2.45) is 4.99 Å². The highest BCUT2D eigenvalue weighted by molar-refractivity contribution is 8.14. The molecule has 14 heavy (non-hydrogen) atoms. The lowest BCUT2D eigenvalue weighted by atomic mass is 10.3. The molecule has 74 valence electrons. The molecule has 0 amide bonds. The number of rotatable bonds is 1. The van der Waals surface area contributed by atoms with Crippen molar-refractivity contribution >= 4 is 22.6 Å². The molecule has 0 atom stereocenters. The molecule has 0 saturated carbocycles.